The van der Waals surface area contributed by atoms with E-state index in [0.29, 0.717) is 0 Å². The van der Waals surface area contributed by atoms with E-state index in [2.05, 4.69) is 37.9 Å². The van der Waals surface area contributed by atoms with Gasteiger partial charge in [-0.05, 0) is 150 Å². The Morgan fingerprint density at radius 2 is 1.07 bits per heavy atom. The molecule has 4 aliphatic carbocycles. The number of rotatable bonds is 18. The maximum atomic E-state index is 6.69. The van der Waals surface area contributed by atoms with Crippen LogP contribution in [0.3, 0.4) is 0 Å². The van der Waals surface area contributed by atoms with Gasteiger partial charge in [0.05, 0.1) is 13.2 Å². The standard InChI is InChI=1S/C38H74N2OP2/c1-5-38(39-6-2)33-21-25-37(26-22-33)43(35-17-13-10-14-18-35)30-28-41-27-29-42(34-15-11-9-12-16-34)36-23-19-32(20-24-36)31-40(7-3)8-4/h32-39H,5-31H2,1-4H3. The first-order valence-electron chi connectivity index (χ1n) is 19.7. The molecule has 3 atom stereocenters. The van der Waals surface area contributed by atoms with Crippen molar-refractivity contribution in [1.29, 1.82) is 0 Å². The first kappa shape index (κ1) is 36.6. The molecular formula is C38H74N2OP2. The van der Waals surface area contributed by atoms with Crippen molar-refractivity contribution in [2.24, 2.45) is 11.8 Å². The fourth-order valence-corrected chi connectivity index (χ4v) is 17.2. The summed E-state index contributed by atoms with van der Waals surface area (Å²) in [4.78, 5) is 2.67. The summed E-state index contributed by atoms with van der Waals surface area (Å²) in [6.07, 6.45) is 31.3. The summed E-state index contributed by atoms with van der Waals surface area (Å²) in [6, 6.07) is 0.756. The Morgan fingerprint density at radius 3 is 1.51 bits per heavy atom. The minimum atomic E-state index is 0.137. The minimum Gasteiger partial charge on any atom is -0.381 e. The molecule has 0 aromatic heterocycles. The van der Waals surface area contributed by atoms with Gasteiger partial charge in [0.1, 0.15) is 0 Å². The van der Waals surface area contributed by atoms with Gasteiger partial charge in [0.25, 0.3) is 0 Å². The number of nitrogens with zero attached hydrogens (tertiary/aromatic N) is 1. The Bertz CT molecular complexity index is 692. The van der Waals surface area contributed by atoms with Crippen LogP contribution >= 0.6 is 15.8 Å². The molecule has 4 aliphatic rings. The third-order valence-electron chi connectivity index (χ3n) is 12.5. The average Bonchev–Trinajstić information content (AvgIpc) is 3.07. The van der Waals surface area contributed by atoms with E-state index < -0.39 is 0 Å². The molecular weight excluding hydrogens is 562 g/mol. The van der Waals surface area contributed by atoms with E-state index in [4.69, 9.17) is 4.74 Å². The summed E-state index contributed by atoms with van der Waals surface area (Å²) < 4.78 is 6.69. The molecule has 3 nitrogen and oxygen atoms in total. The Morgan fingerprint density at radius 1 is 0.605 bits per heavy atom. The molecule has 0 aliphatic heterocycles. The summed E-state index contributed by atoms with van der Waals surface area (Å²) in [6.45, 7) is 16.4. The first-order valence-corrected chi connectivity index (χ1v) is 23.0. The Labute approximate surface area is 272 Å². The van der Waals surface area contributed by atoms with E-state index in [-0.39, 0.29) is 15.8 Å². The van der Waals surface area contributed by atoms with E-state index in [0.717, 1.165) is 60.3 Å². The van der Waals surface area contributed by atoms with E-state index >= 15 is 0 Å². The Hall–Kier alpha value is 0.740. The molecule has 4 saturated carbocycles. The summed E-state index contributed by atoms with van der Waals surface area (Å²) in [7, 11) is 0.281. The quantitative estimate of drug-likeness (QED) is 0.120. The minimum absolute atomic E-state index is 0.137. The molecule has 0 bridgehead atoms. The van der Waals surface area contributed by atoms with Crippen molar-refractivity contribution >= 4 is 15.8 Å². The number of hydrogen-bond donors (Lipinski definition) is 1. The molecule has 0 amide bonds. The maximum absolute atomic E-state index is 6.69. The SMILES string of the molecule is CCNC(CC)C1CCC(P(CCOCCP(C2CCCCC2)C2CCC(CN(CC)CC)CC2)C2CCCCC2)CC1. The Balaban J connectivity index is 1.25. The van der Waals surface area contributed by atoms with Gasteiger partial charge < -0.3 is 15.0 Å². The predicted octanol–water partition coefficient (Wildman–Crippen LogP) is 10.5. The van der Waals surface area contributed by atoms with Crippen molar-refractivity contribution in [2.75, 3.05) is 51.7 Å². The molecule has 4 rings (SSSR count). The third kappa shape index (κ3) is 11.7. The summed E-state index contributed by atoms with van der Waals surface area (Å²) in [5.41, 5.74) is 4.18. The van der Waals surface area contributed by atoms with Gasteiger partial charge in [-0.3, -0.25) is 0 Å². The molecule has 3 unspecified atom stereocenters. The highest BCUT2D eigenvalue weighted by Crippen LogP contribution is 2.57. The van der Waals surface area contributed by atoms with E-state index in [1.165, 1.54) is 154 Å². The molecule has 0 spiro atoms. The van der Waals surface area contributed by atoms with Crippen LogP contribution in [0.1, 0.15) is 150 Å². The van der Waals surface area contributed by atoms with Crippen LogP contribution in [0.2, 0.25) is 0 Å². The van der Waals surface area contributed by atoms with E-state index in [9.17, 15) is 0 Å². The maximum Gasteiger partial charge on any atom is 0.0505 e. The normalized spacial score (nSPS) is 30.3. The van der Waals surface area contributed by atoms with Crippen LogP contribution in [-0.2, 0) is 4.74 Å². The molecule has 4 fully saturated rings. The second-order valence-corrected chi connectivity index (χ2v) is 20.8. The largest absolute Gasteiger partial charge is 0.381 e. The van der Waals surface area contributed by atoms with Gasteiger partial charge in [0.2, 0.25) is 0 Å². The average molecular weight is 637 g/mol. The zero-order valence-electron chi connectivity index (χ0n) is 29.4. The van der Waals surface area contributed by atoms with Gasteiger partial charge >= 0.3 is 0 Å². The third-order valence-corrected chi connectivity index (χ3v) is 19.7. The summed E-state index contributed by atoms with van der Waals surface area (Å²) in [5.74, 6) is 1.88. The van der Waals surface area contributed by atoms with Crippen molar-refractivity contribution in [3.05, 3.63) is 0 Å². The molecule has 1 N–H and O–H groups in total. The predicted molar refractivity (Wildman–Crippen MR) is 195 cm³/mol. The van der Waals surface area contributed by atoms with Gasteiger partial charge in [-0.15, -0.1) is 0 Å². The van der Waals surface area contributed by atoms with Gasteiger partial charge in [0.15, 0.2) is 0 Å². The van der Waals surface area contributed by atoms with Crippen LogP contribution < -0.4 is 5.32 Å². The van der Waals surface area contributed by atoms with Gasteiger partial charge in [-0.25, -0.2) is 0 Å². The lowest BCUT2D eigenvalue weighted by molar-refractivity contribution is 0.164. The second kappa shape index (κ2) is 20.9. The van der Waals surface area contributed by atoms with Crippen molar-refractivity contribution in [3.8, 4) is 0 Å². The van der Waals surface area contributed by atoms with Crippen molar-refractivity contribution < 1.29 is 4.74 Å². The number of nitrogens with one attached hydrogen (secondary N) is 1. The van der Waals surface area contributed by atoms with Crippen LogP contribution in [0, 0.1) is 11.8 Å². The summed E-state index contributed by atoms with van der Waals surface area (Å²) >= 11 is 0. The molecule has 0 aromatic rings. The molecule has 0 heterocycles. The van der Waals surface area contributed by atoms with Crippen LogP contribution in [-0.4, -0.2) is 85.3 Å². The van der Waals surface area contributed by atoms with Gasteiger partial charge in [-0.2, -0.15) is 0 Å². The lowest BCUT2D eigenvalue weighted by Crippen LogP contribution is -2.38. The first-order chi connectivity index (χ1) is 21.2. The van der Waals surface area contributed by atoms with Crippen molar-refractivity contribution in [2.45, 2.75) is 178 Å². The van der Waals surface area contributed by atoms with Crippen molar-refractivity contribution in [3.63, 3.8) is 0 Å². The van der Waals surface area contributed by atoms with Crippen LogP contribution in [0.4, 0.5) is 0 Å². The van der Waals surface area contributed by atoms with E-state index in [1.807, 2.05) is 0 Å². The highest BCUT2D eigenvalue weighted by molar-refractivity contribution is 7.59. The topological polar surface area (TPSA) is 24.5 Å². The van der Waals surface area contributed by atoms with Crippen LogP contribution in [0.25, 0.3) is 0 Å². The fourth-order valence-electron chi connectivity index (χ4n) is 9.84. The molecule has 0 radical (unpaired) electrons. The lowest BCUT2D eigenvalue weighted by atomic mass is 9.82. The zero-order valence-corrected chi connectivity index (χ0v) is 31.2. The fraction of sp³-hybridized carbons (Fsp3) is 1.00. The highest BCUT2D eigenvalue weighted by atomic mass is 31.1. The van der Waals surface area contributed by atoms with Crippen LogP contribution in [0.5, 0.6) is 0 Å². The van der Waals surface area contributed by atoms with Gasteiger partial charge in [-0.1, -0.05) is 82.1 Å². The smallest absolute Gasteiger partial charge is 0.0505 e. The molecule has 5 heteroatoms. The van der Waals surface area contributed by atoms with E-state index in [1.54, 1.807) is 0 Å². The molecule has 0 saturated heterocycles. The summed E-state index contributed by atoms with van der Waals surface area (Å²) in [5, 5.41) is 3.81. The molecule has 43 heavy (non-hydrogen) atoms. The zero-order chi connectivity index (χ0) is 30.3. The molecule has 252 valence electrons. The number of hydrogen-bond acceptors (Lipinski definition) is 3. The second-order valence-electron chi connectivity index (χ2n) is 15.0. The monoisotopic (exact) mass is 637 g/mol. The number of ether oxygens (including phenoxy) is 1. The van der Waals surface area contributed by atoms with Gasteiger partial charge in [0, 0.05) is 12.6 Å². The van der Waals surface area contributed by atoms with Crippen LogP contribution in [0.15, 0.2) is 0 Å². The lowest BCUT2D eigenvalue weighted by Gasteiger charge is -2.42. The Kier molecular flexibility index (Phi) is 17.7. The highest BCUT2D eigenvalue weighted by Gasteiger charge is 2.35. The van der Waals surface area contributed by atoms with Crippen molar-refractivity contribution in [1.82, 2.24) is 10.2 Å². The molecule has 0 aromatic carbocycles.